The van der Waals surface area contributed by atoms with Crippen LogP contribution >= 0.6 is 11.3 Å². The summed E-state index contributed by atoms with van der Waals surface area (Å²) >= 11 is 1.54. The predicted molar refractivity (Wildman–Crippen MR) is 80.4 cm³/mol. The van der Waals surface area contributed by atoms with E-state index in [4.69, 9.17) is 0 Å². The van der Waals surface area contributed by atoms with Crippen molar-refractivity contribution < 1.29 is 14.7 Å². The average molecular weight is 311 g/mol. The Bertz CT molecular complexity index is 482. The number of hydrogen-bond donors (Lipinski definition) is 2. The fraction of sp³-hybridized carbons (Fsp3) is 0.643. The van der Waals surface area contributed by atoms with Crippen LogP contribution in [0.25, 0.3) is 0 Å². The van der Waals surface area contributed by atoms with Crippen molar-refractivity contribution in [2.45, 2.75) is 32.6 Å². The van der Waals surface area contributed by atoms with E-state index in [1.807, 2.05) is 12.3 Å². The molecule has 0 aliphatic carbocycles. The van der Waals surface area contributed by atoms with Crippen LogP contribution in [-0.4, -0.2) is 46.6 Å². The molecule has 7 heteroatoms. The number of thiazole rings is 1. The number of nitrogens with one attached hydrogen (secondary N) is 1. The highest BCUT2D eigenvalue weighted by atomic mass is 32.1. The lowest BCUT2D eigenvalue weighted by atomic mass is 9.76. The number of likely N-dealkylation sites (tertiary alicyclic amines) is 1. The molecule has 0 atom stereocenters. The van der Waals surface area contributed by atoms with Crippen molar-refractivity contribution >= 4 is 23.3 Å². The number of carbonyl (C=O) groups excluding carboxylic acids is 1. The first-order chi connectivity index (χ1) is 10.1. The Morgan fingerprint density at radius 3 is 2.71 bits per heavy atom. The summed E-state index contributed by atoms with van der Waals surface area (Å²) in [5, 5.41) is 14.2. The van der Waals surface area contributed by atoms with Gasteiger partial charge < -0.3 is 15.3 Å². The SMILES string of the molecule is CCC1(C(=O)O)CCN(C(=O)NCCc2cscn2)CC1. The third-order valence-corrected chi connectivity index (χ3v) is 4.91. The molecule has 2 amide bonds. The molecule has 1 saturated heterocycles. The Morgan fingerprint density at radius 1 is 1.48 bits per heavy atom. The quantitative estimate of drug-likeness (QED) is 0.871. The summed E-state index contributed by atoms with van der Waals surface area (Å²) in [6.07, 6.45) is 2.38. The maximum atomic E-state index is 12.0. The van der Waals surface area contributed by atoms with Crippen molar-refractivity contribution in [3.8, 4) is 0 Å². The summed E-state index contributed by atoms with van der Waals surface area (Å²) in [6, 6.07) is -0.111. The van der Waals surface area contributed by atoms with E-state index in [0.29, 0.717) is 38.9 Å². The number of aromatic nitrogens is 1. The molecule has 1 aliphatic heterocycles. The Balaban J connectivity index is 1.76. The number of hydrogen-bond acceptors (Lipinski definition) is 4. The molecule has 0 aromatic carbocycles. The van der Waals surface area contributed by atoms with Crippen LogP contribution in [-0.2, 0) is 11.2 Å². The van der Waals surface area contributed by atoms with Crippen molar-refractivity contribution in [1.82, 2.24) is 15.2 Å². The number of carboxylic acid groups (broad SMARTS) is 1. The lowest BCUT2D eigenvalue weighted by Gasteiger charge is -2.38. The maximum Gasteiger partial charge on any atom is 0.317 e. The van der Waals surface area contributed by atoms with Gasteiger partial charge in [-0.1, -0.05) is 6.92 Å². The Hall–Kier alpha value is -1.63. The highest BCUT2D eigenvalue weighted by molar-refractivity contribution is 7.07. The normalized spacial score (nSPS) is 17.5. The van der Waals surface area contributed by atoms with Crippen LogP contribution in [0.2, 0.25) is 0 Å². The van der Waals surface area contributed by atoms with Gasteiger partial charge in [0.05, 0.1) is 16.6 Å². The lowest BCUT2D eigenvalue weighted by Crippen LogP contribution is -2.49. The number of amides is 2. The number of carboxylic acids is 1. The minimum absolute atomic E-state index is 0.111. The third kappa shape index (κ3) is 3.72. The van der Waals surface area contributed by atoms with Gasteiger partial charge in [0.1, 0.15) is 0 Å². The third-order valence-electron chi connectivity index (χ3n) is 4.28. The first kappa shape index (κ1) is 15.8. The Labute approximate surface area is 128 Å². The number of urea groups is 1. The van der Waals surface area contributed by atoms with Gasteiger partial charge in [-0.15, -0.1) is 11.3 Å². The number of aliphatic carboxylic acids is 1. The van der Waals surface area contributed by atoms with Gasteiger partial charge in [-0.3, -0.25) is 4.79 Å². The van der Waals surface area contributed by atoms with E-state index >= 15 is 0 Å². The molecule has 2 N–H and O–H groups in total. The summed E-state index contributed by atoms with van der Waals surface area (Å²) in [7, 11) is 0. The summed E-state index contributed by atoms with van der Waals surface area (Å²) in [5.41, 5.74) is 2.10. The molecule has 0 unspecified atom stereocenters. The van der Waals surface area contributed by atoms with Crippen LogP contribution < -0.4 is 5.32 Å². The molecule has 6 nitrogen and oxygen atoms in total. The van der Waals surface area contributed by atoms with E-state index in [2.05, 4.69) is 10.3 Å². The molecule has 21 heavy (non-hydrogen) atoms. The zero-order valence-electron chi connectivity index (χ0n) is 12.2. The summed E-state index contributed by atoms with van der Waals surface area (Å²) in [4.78, 5) is 29.3. The van der Waals surface area contributed by atoms with Crippen molar-refractivity contribution in [2.24, 2.45) is 5.41 Å². The summed E-state index contributed by atoms with van der Waals surface area (Å²) in [5.74, 6) is -0.742. The number of carbonyl (C=O) groups is 2. The van der Waals surface area contributed by atoms with Crippen LogP contribution in [0.15, 0.2) is 10.9 Å². The zero-order chi connectivity index (χ0) is 15.3. The van der Waals surface area contributed by atoms with E-state index in [1.165, 1.54) is 0 Å². The minimum Gasteiger partial charge on any atom is -0.481 e. The number of rotatable bonds is 5. The highest BCUT2D eigenvalue weighted by Crippen LogP contribution is 2.35. The zero-order valence-corrected chi connectivity index (χ0v) is 13.0. The van der Waals surface area contributed by atoms with Crippen LogP contribution in [0.3, 0.4) is 0 Å². The van der Waals surface area contributed by atoms with Crippen molar-refractivity contribution in [2.75, 3.05) is 19.6 Å². The second kappa shape index (κ2) is 6.89. The van der Waals surface area contributed by atoms with Crippen molar-refractivity contribution in [3.05, 3.63) is 16.6 Å². The van der Waals surface area contributed by atoms with E-state index < -0.39 is 11.4 Å². The van der Waals surface area contributed by atoms with Crippen molar-refractivity contribution in [3.63, 3.8) is 0 Å². The lowest BCUT2D eigenvalue weighted by molar-refractivity contribution is -0.151. The minimum atomic E-state index is -0.742. The maximum absolute atomic E-state index is 12.0. The standard InChI is InChI=1S/C14H21N3O3S/c1-2-14(12(18)19)4-7-17(8-5-14)13(20)15-6-3-11-9-21-10-16-11/h9-10H,2-8H2,1H3,(H,15,20)(H,18,19). The van der Waals surface area contributed by atoms with E-state index in [1.54, 1.807) is 21.7 Å². The molecular formula is C14H21N3O3S. The molecular weight excluding hydrogens is 290 g/mol. The van der Waals surface area contributed by atoms with Crippen molar-refractivity contribution in [1.29, 1.82) is 0 Å². The molecule has 2 heterocycles. The first-order valence-electron chi connectivity index (χ1n) is 7.20. The van der Waals surface area contributed by atoms with E-state index in [0.717, 1.165) is 12.1 Å². The fourth-order valence-electron chi connectivity index (χ4n) is 2.63. The second-order valence-corrected chi connectivity index (χ2v) is 6.11. The van der Waals surface area contributed by atoms with Crippen LogP contribution in [0.4, 0.5) is 4.79 Å². The molecule has 1 fully saturated rings. The van der Waals surface area contributed by atoms with Gasteiger partial charge >= 0.3 is 12.0 Å². The number of nitrogens with zero attached hydrogens (tertiary/aromatic N) is 2. The molecule has 1 aromatic heterocycles. The molecule has 0 bridgehead atoms. The van der Waals surface area contributed by atoms with Crippen LogP contribution in [0, 0.1) is 5.41 Å². The van der Waals surface area contributed by atoms with Gasteiger partial charge in [0, 0.05) is 31.4 Å². The molecule has 116 valence electrons. The topological polar surface area (TPSA) is 82.5 Å². The highest BCUT2D eigenvalue weighted by Gasteiger charge is 2.40. The molecule has 1 aromatic rings. The Morgan fingerprint density at radius 2 is 2.19 bits per heavy atom. The molecule has 0 spiro atoms. The summed E-state index contributed by atoms with van der Waals surface area (Å²) < 4.78 is 0. The fourth-order valence-corrected chi connectivity index (χ4v) is 3.22. The van der Waals surface area contributed by atoms with Gasteiger partial charge in [-0.25, -0.2) is 9.78 Å². The molecule has 2 rings (SSSR count). The van der Waals surface area contributed by atoms with Gasteiger partial charge in [-0.05, 0) is 19.3 Å². The molecule has 0 saturated carbocycles. The largest absolute Gasteiger partial charge is 0.481 e. The Kier molecular flexibility index (Phi) is 5.17. The van der Waals surface area contributed by atoms with Crippen LogP contribution in [0.5, 0.6) is 0 Å². The summed E-state index contributed by atoms with van der Waals surface area (Å²) in [6.45, 7) is 3.46. The smallest absolute Gasteiger partial charge is 0.317 e. The van der Waals surface area contributed by atoms with Gasteiger partial charge in [0.15, 0.2) is 0 Å². The number of piperidine rings is 1. The van der Waals surface area contributed by atoms with Gasteiger partial charge in [0.25, 0.3) is 0 Å². The molecule has 1 aliphatic rings. The van der Waals surface area contributed by atoms with Gasteiger partial charge in [-0.2, -0.15) is 0 Å². The van der Waals surface area contributed by atoms with E-state index in [9.17, 15) is 14.7 Å². The monoisotopic (exact) mass is 311 g/mol. The first-order valence-corrected chi connectivity index (χ1v) is 8.15. The predicted octanol–water partition coefficient (Wildman–Crippen LogP) is 1.97. The van der Waals surface area contributed by atoms with Crippen LogP contribution in [0.1, 0.15) is 31.9 Å². The second-order valence-electron chi connectivity index (χ2n) is 5.39. The van der Waals surface area contributed by atoms with E-state index in [-0.39, 0.29) is 6.03 Å². The molecule has 0 radical (unpaired) electrons. The average Bonchev–Trinajstić information content (AvgIpc) is 3.00. The van der Waals surface area contributed by atoms with Gasteiger partial charge in [0.2, 0.25) is 0 Å².